The van der Waals surface area contributed by atoms with Gasteiger partial charge in [-0.3, -0.25) is 9.59 Å². The third-order valence-electron chi connectivity index (χ3n) is 10.1. The van der Waals surface area contributed by atoms with E-state index in [2.05, 4.69) is 17.1 Å². The van der Waals surface area contributed by atoms with Gasteiger partial charge in [-0.25, -0.2) is 0 Å². The molecule has 0 aromatic carbocycles. The van der Waals surface area contributed by atoms with E-state index >= 15 is 0 Å². The summed E-state index contributed by atoms with van der Waals surface area (Å²) in [4.78, 5) is 32.4. The van der Waals surface area contributed by atoms with Crippen molar-refractivity contribution in [3.05, 3.63) is 17.7 Å². The Hall–Kier alpha value is -2.19. The molecule has 2 bridgehead atoms. The van der Waals surface area contributed by atoms with E-state index in [0.29, 0.717) is 47.6 Å². The number of pyridine rings is 1. The highest BCUT2D eigenvalue weighted by atomic mass is 16.5. The first kappa shape index (κ1) is 26.1. The second-order valence-corrected chi connectivity index (χ2v) is 13.0. The fourth-order valence-corrected chi connectivity index (χ4v) is 8.61. The van der Waals surface area contributed by atoms with Crippen LogP contribution in [0.5, 0.6) is 5.88 Å². The number of fused-ring (bicyclic) bond motifs is 1. The fourth-order valence-electron chi connectivity index (χ4n) is 8.61. The van der Waals surface area contributed by atoms with E-state index in [0.717, 1.165) is 63.9 Å². The van der Waals surface area contributed by atoms with Crippen LogP contribution < -0.4 is 15.0 Å². The Labute approximate surface area is 225 Å². The van der Waals surface area contributed by atoms with E-state index in [1.54, 1.807) is 0 Å². The monoisotopic (exact) mass is 525 g/mol. The van der Waals surface area contributed by atoms with Gasteiger partial charge in [-0.2, -0.15) is 4.98 Å². The number of hydrogen-bond donors (Lipinski definition) is 2. The second-order valence-electron chi connectivity index (χ2n) is 13.0. The first-order valence-electron chi connectivity index (χ1n) is 14.7. The number of carbonyl (C=O) groups is 2. The lowest BCUT2D eigenvalue weighted by molar-refractivity contribution is -0.141. The number of nitrogens with zero attached hydrogens (tertiary/aromatic N) is 2. The van der Waals surface area contributed by atoms with Gasteiger partial charge >= 0.3 is 5.97 Å². The molecule has 8 atom stereocenters. The molecule has 8 heteroatoms. The van der Waals surface area contributed by atoms with Crippen molar-refractivity contribution in [3.63, 3.8) is 0 Å². The maximum Gasteiger partial charge on any atom is 0.305 e. The highest BCUT2D eigenvalue weighted by molar-refractivity contribution is 6.04. The van der Waals surface area contributed by atoms with E-state index in [4.69, 9.17) is 14.5 Å². The number of Topliss-reactive ketones (excluding diaryl/α,β-unsaturated/α-hetero) is 1. The molecule has 1 spiro atoms. The summed E-state index contributed by atoms with van der Waals surface area (Å²) < 4.78 is 10.9. The molecule has 6 rings (SSSR count). The van der Waals surface area contributed by atoms with Crippen LogP contribution in [0.1, 0.15) is 82.0 Å². The first-order valence-corrected chi connectivity index (χ1v) is 14.7. The number of aliphatic hydroxyl groups is 1. The zero-order chi connectivity index (χ0) is 26.7. The predicted octanol–water partition coefficient (Wildman–Crippen LogP) is 3.75. The van der Waals surface area contributed by atoms with Crippen LogP contribution in [0.25, 0.3) is 0 Å². The van der Waals surface area contributed by atoms with E-state index in [9.17, 15) is 14.7 Å². The fraction of sp³-hybridized carbons (Fsp3) is 0.767. The number of esters is 1. The van der Waals surface area contributed by atoms with Crippen LogP contribution in [-0.4, -0.2) is 66.3 Å². The molecule has 3 aliphatic carbocycles. The van der Waals surface area contributed by atoms with Crippen molar-refractivity contribution in [1.29, 1.82) is 0 Å². The predicted molar refractivity (Wildman–Crippen MR) is 143 cm³/mol. The van der Waals surface area contributed by atoms with E-state index in [1.165, 1.54) is 13.5 Å². The smallest absolute Gasteiger partial charge is 0.305 e. The van der Waals surface area contributed by atoms with Crippen molar-refractivity contribution in [2.75, 3.05) is 31.7 Å². The van der Waals surface area contributed by atoms with Crippen molar-refractivity contribution in [1.82, 2.24) is 10.3 Å². The zero-order valence-corrected chi connectivity index (χ0v) is 23.1. The number of carbonyl (C=O) groups excluding carboxylic acids is 2. The second kappa shape index (κ2) is 9.77. The molecule has 3 heterocycles. The van der Waals surface area contributed by atoms with Crippen LogP contribution in [0.2, 0.25) is 0 Å². The van der Waals surface area contributed by atoms with Gasteiger partial charge in [0, 0.05) is 25.6 Å². The number of nitrogens with one attached hydrogen (secondary N) is 1. The maximum atomic E-state index is 13.6. The largest absolute Gasteiger partial charge is 0.477 e. The van der Waals surface area contributed by atoms with Crippen molar-refractivity contribution in [2.24, 2.45) is 29.1 Å². The Morgan fingerprint density at radius 2 is 2.11 bits per heavy atom. The van der Waals surface area contributed by atoms with Gasteiger partial charge in [-0.15, -0.1) is 0 Å². The zero-order valence-electron chi connectivity index (χ0n) is 23.1. The van der Waals surface area contributed by atoms with Crippen molar-refractivity contribution >= 4 is 17.6 Å². The van der Waals surface area contributed by atoms with Crippen molar-refractivity contribution in [2.45, 2.75) is 89.3 Å². The molecule has 6 unspecified atom stereocenters. The molecular weight excluding hydrogens is 482 g/mol. The molecule has 2 saturated heterocycles. The van der Waals surface area contributed by atoms with Gasteiger partial charge in [0.05, 0.1) is 30.9 Å². The Balaban J connectivity index is 1.11. The number of hydrogen-bond acceptors (Lipinski definition) is 8. The average Bonchev–Trinajstić information content (AvgIpc) is 3.76. The Morgan fingerprint density at radius 1 is 1.26 bits per heavy atom. The van der Waals surface area contributed by atoms with Crippen LogP contribution in [0.15, 0.2) is 12.1 Å². The van der Waals surface area contributed by atoms with Gasteiger partial charge in [-0.05, 0) is 92.6 Å². The topological polar surface area (TPSA) is 111 Å². The third-order valence-corrected chi connectivity index (χ3v) is 10.1. The van der Waals surface area contributed by atoms with Gasteiger partial charge in [0.1, 0.15) is 5.82 Å². The van der Waals surface area contributed by atoms with Crippen LogP contribution in [0.3, 0.4) is 0 Å². The molecule has 1 aromatic rings. The molecule has 0 radical (unpaired) electrons. The molecule has 3 saturated carbocycles. The summed E-state index contributed by atoms with van der Waals surface area (Å²) >= 11 is 0. The minimum absolute atomic E-state index is 0.0687. The molecule has 8 nitrogen and oxygen atoms in total. The summed E-state index contributed by atoms with van der Waals surface area (Å²) in [6, 6.07) is 3.84. The number of rotatable bonds is 10. The minimum Gasteiger partial charge on any atom is -0.477 e. The van der Waals surface area contributed by atoms with Gasteiger partial charge < -0.3 is 24.8 Å². The number of ketones is 1. The Bertz CT molecular complexity index is 1100. The number of aromatic nitrogens is 1. The lowest BCUT2D eigenvalue weighted by Gasteiger charge is -2.37. The quantitative estimate of drug-likeness (QED) is 0.270. The Kier molecular flexibility index (Phi) is 6.70. The number of anilines is 1. The molecule has 0 amide bonds. The van der Waals surface area contributed by atoms with Gasteiger partial charge in [0.15, 0.2) is 5.78 Å². The molecule has 2 aliphatic heterocycles. The summed E-state index contributed by atoms with van der Waals surface area (Å²) in [5.74, 6) is 3.21. The lowest BCUT2D eigenvalue weighted by atomic mass is 9.72. The Morgan fingerprint density at radius 3 is 2.89 bits per heavy atom. The number of piperidine rings is 1. The van der Waals surface area contributed by atoms with Crippen molar-refractivity contribution < 1.29 is 24.2 Å². The highest BCUT2D eigenvalue weighted by Crippen LogP contribution is 2.78. The van der Waals surface area contributed by atoms with Gasteiger partial charge in [0.2, 0.25) is 5.88 Å². The molecule has 5 aliphatic rings. The van der Waals surface area contributed by atoms with E-state index in [-0.39, 0.29) is 29.8 Å². The lowest BCUT2D eigenvalue weighted by Crippen LogP contribution is -2.37. The van der Waals surface area contributed by atoms with Gasteiger partial charge in [-0.1, -0.05) is 13.8 Å². The van der Waals surface area contributed by atoms with Crippen molar-refractivity contribution in [3.8, 4) is 5.88 Å². The van der Waals surface area contributed by atoms with E-state index in [1.807, 2.05) is 19.1 Å². The maximum absolute atomic E-state index is 13.6. The molecule has 38 heavy (non-hydrogen) atoms. The van der Waals surface area contributed by atoms with Gasteiger partial charge in [0.25, 0.3) is 0 Å². The summed E-state index contributed by atoms with van der Waals surface area (Å²) in [5, 5.41) is 14.4. The molecule has 2 N–H and O–H groups in total. The number of ether oxygens (including phenoxy) is 2. The van der Waals surface area contributed by atoms with Crippen LogP contribution >= 0.6 is 0 Å². The SMILES string of the molecule is CCCOc1nc(N2CCC[C@@H](CC(=O)OC)C2)ccc1C(=O)C1NC1CC1C2C[C@]3(O)CC(C)CC12C3. The third kappa shape index (κ3) is 4.72. The van der Waals surface area contributed by atoms with E-state index < -0.39 is 5.60 Å². The van der Waals surface area contributed by atoms with Crippen LogP contribution in [0.4, 0.5) is 5.82 Å². The minimum atomic E-state index is -0.433. The summed E-state index contributed by atoms with van der Waals surface area (Å²) in [7, 11) is 1.43. The number of methoxy groups -OCH3 is 1. The highest BCUT2D eigenvalue weighted by Gasteiger charge is 2.74. The van der Waals surface area contributed by atoms with Crippen LogP contribution in [-0.2, 0) is 9.53 Å². The van der Waals surface area contributed by atoms with Crippen LogP contribution in [0, 0.1) is 29.1 Å². The summed E-state index contributed by atoms with van der Waals surface area (Å²) in [6.07, 6.45) is 8.35. The standard InChI is InChI=1S/C30H43N3O5/c1-4-10-38-28-20(7-8-24(32-28)33-9-5-6-19(16-33)11-25(34)37-3)27(35)26-23(31-26)12-21-22-15-29(36)13-18(2)14-30(21,22)17-29/h7-8,18-19,21-23,26,31,36H,4-6,9-17H2,1-3H3/t18?,19-,21?,22?,23?,26?,29+,30?/m0/s1. The summed E-state index contributed by atoms with van der Waals surface area (Å²) in [5.41, 5.74) is 0.445. The molecule has 208 valence electrons. The average molecular weight is 526 g/mol. The summed E-state index contributed by atoms with van der Waals surface area (Å²) in [6.45, 7) is 6.45. The molecular formula is C30H43N3O5. The molecule has 5 fully saturated rings. The normalized spacial score (nSPS) is 38.9. The first-order chi connectivity index (χ1) is 18.2. The molecule has 1 aromatic heterocycles.